The summed E-state index contributed by atoms with van der Waals surface area (Å²) in [6, 6.07) is 18.6. The minimum absolute atomic E-state index is 0.427. The average Bonchev–Trinajstić information content (AvgIpc) is 2.69. The molecule has 4 nitrogen and oxygen atoms in total. The molecule has 1 fully saturated rings. The number of thiocarbonyl (C=S) groups is 1. The van der Waals surface area contributed by atoms with Crippen LogP contribution in [0, 0.1) is 11.3 Å². The summed E-state index contributed by atoms with van der Waals surface area (Å²) in [6.07, 6.45) is 4.36. The molecule has 1 aliphatic heterocycles. The maximum Gasteiger partial charge on any atom is 0.171 e. The Kier molecular flexibility index (Phi) is 6.45. The van der Waals surface area contributed by atoms with Crippen molar-refractivity contribution in [2.75, 3.05) is 23.3 Å². The number of piperidine rings is 1. The van der Waals surface area contributed by atoms with Gasteiger partial charge in [-0.2, -0.15) is 5.26 Å². The maximum absolute atomic E-state index is 8.70. The first-order valence-corrected chi connectivity index (χ1v) is 9.50. The van der Waals surface area contributed by atoms with Crippen LogP contribution in [-0.4, -0.2) is 18.2 Å². The van der Waals surface area contributed by atoms with Gasteiger partial charge in [-0.1, -0.05) is 24.3 Å². The summed E-state index contributed by atoms with van der Waals surface area (Å²) >= 11 is 5.36. The summed E-state index contributed by atoms with van der Waals surface area (Å²) in [5.41, 5.74) is 4.45. The predicted octanol–water partition coefficient (Wildman–Crippen LogP) is 4.23. The highest BCUT2D eigenvalue weighted by atomic mass is 32.1. The van der Waals surface area contributed by atoms with E-state index in [0.717, 1.165) is 11.3 Å². The first kappa shape index (κ1) is 18.2. The zero-order valence-corrected chi connectivity index (χ0v) is 15.7. The fraction of sp³-hybridized carbons (Fsp3) is 0.333. The van der Waals surface area contributed by atoms with Gasteiger partial charge in [0.15, 0.2) is 5.11 Å². The van der Waals surface area contributed by atoms with Gasteiger partial charge >= 0.3 is 0 Å². The van der Waals surface area contributed by atoms with Crippen molar-refractivity contribution < 1.29 is 0 Å². The number of hydrogen-bond donors (Lipinski definition) is 2. The summed E-state index contributed by atoms with van der Waals surface area (Å²) < 4.78 is 0. The van der Waals surface area contributed by atoms with Crippen LogP contribution in [0.15, 0.2) is 48.5 Å². The van der Waals surface area contributed by atoms with Crippen molar-refractivity contribution in [1.29, 1.82) is 5.26 Å². The second-order valence-corrected chi connectivity index (χ2v) is 6.96. The Morgan fingerprint density at radius 3 is 2.27 bits per heavy atom. The Morgan fingerprint density at radius 2 is 1.62 bits per heavy atom. The number of rotatable bonds is 5. The van der Waals surface area contributed by atoms with Crippen LogP contribution in [-0.2, 0) is 13.0 Å². The van der Waals surface area contributed by atoms with E-state index in [-0.39, 0.29) is 0 Å². The zero-order valence-electron chi connectivity index (χ0n) is 14.9. The smallest absolute Gasteiger partial charge is 0.171 e. The summed E-state index contributed by atoms with van der Waals surface area (Å²) in [7, 11) is 0. The second kappa shape index (κ2) is 9.21. The molecule has 2 aromatic carbocycles. The molecule has 0 aliphatic carbocycles. The Balaban J connectivity index is 1.47. The van der Waals surface area contributed by atoms with E-state index in [1.54, 1.807) is 0 Å². The molecule has 5 heteroatoms. The van der Waals surface area contributed by atoms with E-state index in [4.69, 9.17) is 17.5 Å². The van der Waals surface area contributed by atoms with E-state index in [1.807, 2.05) is 24.3 Å². The molecular formula is C21H24N4S. The molecule has 26 heavy (non-hydrogen) atoms. The quantitative estimate of drug-likeness (QED) is 0.778. The highest BCUT2D eigenvalue weighted by Crippen LogP contribution is 2.20. The summed E-state index contributed by atoms with van der Waals surface area (Å²) in [4.78, 5) is 2.46. The van der Waals surface area contributed by atoms with Crippen LogP contribution >= 0.6 is 12.2 Å². The predicted molar refractivity (Wildman–Crippen MR) is 111 cm³/mol. The molecule has 1 saturated heterocycles. The van der Waals surface area contributed by atoms with Crippen LogP contribution in [0.1, 0.15) is 30.4 Å². The molecular weight excluding hydrogens is 340 g/mol. The van der Waals surface area contributed by atoms with E-state index in [1.165, 1.54) is 43.6 Å². The maximum atomic E-state index is 8.70. The van der Waals surface area contributed by atoms with Gasteiger partial charge in [0, 0.05) is 31.0 Å². The van der Waals surface area contributed by atoms with Gasteiger partial charge in [0.2, 0.25) is 0 Å². The van der Waals surface area contributed by atoms with E-state index < -0.39 is 0 Å². The van der Waals surface area contributed by atoms with Gasteiger partial charge < -0.3 is 15.5 Å². The third kappa shape index (κ3) is 5.21. The van der Waals surface area contributed by atoms with Crippen LogP contribution < -0.4 is 15.5 Å². The molecule has 0 aromatic heterocycles. The largest absolute Gasteiger partial charge is 0.372 e. The Morgan fingerprint density at radius 1 is 0.962 bits per heavy atom. The molecule has 134 valence electrons. The molecule has 0 atom stereocenters. The minimum atomic E-state index is 0.427. The van der Waals surface area contributed by atoms with Crippen molar-refractivity contribution >= 4 is 28.7 Å². The fourth-order valence-corrected chi connectivity index (χ4v) is 3.32. The zero-order chi connectivity index (χ0) is 18.2. The van der Waals surface area contributed by atoms with E-state index in [9.17, 15) is 0 Å². The molecule has 0 spiro atoms. The van der Waals surface area contributed by atoms with Crippen molar-refractivity contribution in [3.8, 4) is 6.07 Å². The molecule has 0 radical (unpaired) electrons. The molecule has 0 unspecified atom stereocenters. The summed E-state index contributed by atoms with van der Waals surface area (Å²) in [5.74, 6) is 0. The van der Waals surface area contributed by atoms with E-state index in [2.05, 4.69) is 45.9 Å². The van der Waals surface area contributed by atoms with Crippen molar-refractivity contribution in [3.63, 3.8) is 0 Å². The SMILES string of the molecule is N#CCc1ccc(NC(=S)NCc2ccc(N3CCCCC3)cc2)cc1. The van der Waals surface area contributed by atoms with Crippen LogP contribution in [0.25, 0.3) is 0 Å². The highest BCUT2D eigenvalue weighted by molar-refractivity contribution is 7.80. The molecule has 3 rings (SSSR count). The van der Waals surface area contributed by atoms with Gasteiger partial charge in [-0.05, 0) is 66.9 Å². The fourth-order valence-electron chi connectivity index (χ4n) is 3.13. The van der Waals surface area contributed by atoms with Gasteiger partial charge in [-0.15, -0.1) is 0 Å². The minimum Gasteiger partial charge on any atom is -0.372 e. The number of anilines is 2. The number of benzene rings is 2. The average molecular weight is 365 g/mol. The van der Waals surface area contributed by atoms with Crippen LogP contribution in [0.2, 0.25) is 0 Å². The Bertz CT molecular complexity index is 756. The molecule has 0 saturated carbocycles. The molecule has 1 aliphatic rings. The van der Waals surface area contributed by atoms with Gasteiger partial charge in [-0.25, -0.2) is 0 Å². The Labute approximate surface area is 160 Å². The lowest BCUT2D eigenvalue weighted by Gasteiger charge is -2.28. The first-order valence-electron chi connectivity index (χ1n) is 9.09. The van der Waals surface area contributed by atoms with E-state index >= 15 is 0 Å². The third-order valence-electron chi connectivity index (χ3n) is 4.61. The number of nitrogens with zero attached hydrogens (tertiary/aromatic N) is 2. The first-order chi connectivity index (χ1) is 12.7. The number of nitriles is 1. The van der Waals surface area contributed by atoms with Crippen molar-refractivity contribution in [3.05, 3.63) is 59.7 Å². The molecule has 0 amide bonds. The Hall–Kier alpha value is -2.58. The highest BCUT2D eigenvalue weighted by Gasteiger charge is 2.10. The van der Waals surface area contributed by atoms with Crippen molar-refractivity contribution in [1.82, 2.24) is 5.32 Å². The van der Waals surface area contributed by atoms with Gasteiger partial charge in [0.05, 0.1) is 12.5 Å². The standard InChI is InChI=1S/C21H24N4S/c22-13-12-17-4-8-19(9-5-17)24-21(26)23-16-18-6-10-20(11-7-18)25-14-2-1-3-15-25/h4-11H,1-3,12,14-16H2,(H2,23,24,26). The van der Waals surface area contributed by atoms with Gasteiger partial charge in [-0.3, -0.25) is 0 Å². The monoisotopic (exact) mass is 364 g/mol. The van der Waals surface area contributed by atoms with E-state index in [0.29, 0.717) is 18.1 Å². The van der Waals surface area contributed by atoms with Crippen LogP contribution in [0.3, 0.4) is 0 Å². The normalized spacial score (nSPS) is 13.7. The van der Waals surface area contributed by atoms with Crippen LogP contribution in [0.4, 0.5) is 11.4 Å². The summed E-state index contributed by atoms with van der Waals surface area (Å²) in [6.45, 7) is 3.02. The van der Waals surface area contributed by atoms with Crippen molar-refractivity contribution in [2.45, 2.75) is 32.2 Å². The molecule has 2 N–H and O–H groups in total. The lowest BCUT2D eigenvalue weighted by Crippen LogP contribution is -2.29. The topological polar surface area (TPSA) is 51.1 Å². The van der Waals surface area contributed by atoms with Gasteiger partial charge in [0.1, 0.15) is 0 Å². The lowest BCUT2D eigenvalue weighted by atomic mass is 10.1. The number of nitrogens with one attached hydrogen (secondary N) is 2. The molecule has 2 aromatic rings. The third-order valence-corrected chi connectivity index (χ3v) is 4.85. The molecule has 1 heterocycles. The second-order valence-electron chi connectivity index (χ2n) is 6.55. The van der Waals surface area contributed by atoms with Crippen LogP contribution in [0.5, 0.6) is 0 Å². The number of hydrogen-bond acceptors (Lipinski definition) is 3. The van der Waals surface area contributed by atoms with Crippen molar-refractivity contribution in [2.24, 2.45) is 0 Å². The van der Waals surface area contributed by atoms with Gasteiger partial charge in [0.25, 0.3) is 0 Å². The lowest BCUT2D eigenvalue weighted by molar-refractivity contribution is 0.578. The molecule has 0 bridgehead atoms. The summed E-state index contributed by atoms with van der Waals surface area (Å²) in [5, 5.41) is 15.7.